The first kappa shape index (κ1) is 22.2. The summed E-state index contributed by atoms with van der Waals surface area (Å²) in [5.74, 6) is 1.51. The number of hydrogen-bond acceptors (Lipinski definition) is 5. The molecule has 1 unspecified atom stereocenters. The van der Waals surface area contributed by atoms with Crippen LogP contribution < -0.4 is 14.8 Å². The van der Waals surface area contributed by atoms with Crippen molar-refractivity contribution in [2.75, 3.05) is 32.1 Å². The molecular formula is C23H30N2O4S. The van der Waals surface area contributed by atoms with E-state index in [0.717, 1.165) is 12.8 Å². The zero-order chi connectivity index (χ0) is 21.7. The minimum Gasteiger partial charge on any atom is -0.490 e. The molecule has 1 aromatic carbocycles. The monoisotopic (exact) mass is 430 g/mol. The Morgan fingerprint density at radius 2 is 1.90 bits per heavy atom. The summed E-state index contributed by atoms with van der Waals surface area (Å²) >= 11 is 1.57. The molecule has 30 heavy (non-hydrogen) atoms. The third-order valence-corrected chi connectivity index (χ3v) is 6.32. The molecule has 7 heteroatoms. The number of rotatable bonds is 8. The molecule has 1 aromatic heterocycles. The number of aryl methyl sites for hydroxylation is 1. The van der Waals surface area contributed by atoms with Crippen molar-refractivity contribution < 1.29 is 19.1 Å². The molecule has 0 bridgehead atoms. The Labute approximate surface area is 182 Å². The summed E-state index contributed by atoms with van der Waals surface area (Å²) in [6.07, 6.45) is 3.24. The minimum absolute atomic E-state index is 0.0189. The van der Waals surface area contributed by atoms with E-state index in [2.05, 4.69) is 12.2 Å². The first-order valence-corrected chi connectivity index (χ1v) is 11.3. The lowest BCUT2D eigenvalue weighted by Crippen LogP contribution is -2.34. The number of ether oxygens (including phenoxy) is 2. The minimum atomic E-state index is -0.257. The average Bonchev–Trinajstić information content (AvgIpc) is 3.12. The van der Waals surface area contributed by atoms with Crippen LogP contribution in [0.2, 0.25) is 0 Å². The number of thiophene rings is 1. The molecule has 6 nitrogen and oxygen atoms in total. The second-order valence-electron chi connectivity index (χ2n) is 7.64. The van der Waals surface area contributed by atoms with Crippen molar-refractivity contribution in [3.63, 3.8) is 0 Å². The maximum atomic E-state index is 12.8. The van der Waals surface area contributed by atoms with Gasteiger partial charge < -0.3 is 19.7 Å². The van der Waals surface area contributed by atoms with Crippen LogP contribution in [-0.2, 0) is 17.6 Å². The Morgan fingerprint density at radius 3 is 2.63 bits per heavy atom. The van der Waals surface area contributed by atoms with E-state index in [9.17, 15) is 9.59 Å². The van der Waals surface area contributed by atoms with Gasteiger partial charge in [-0.3, -0.25) is 9.59 Å². The van der Waals surface area contributed by atoms with E-state index in [1.54, 1.807) is 36.6 Å². The highest BCUT2D eigenvalue weighted by atomic mass is 32.1. The van der Waals surface area contributed by atoms with Gasteiger partial charge in [-0.25, -0.2) is 0 Å². The third-order valence-electron chi connectivity index (χ3n) is 5.09. The van der Waals surface area contributed by atoms with E-state index in [1.807, 2.05) is 19.9 Å². The number of fused-ring (bicyclic) bond motifs is 1. The number of carbonyl (C=O) groups is 2. The molecule has 0 radical (unpaired) electrons. The van der Waals surface area contributed by atoms with Gasteiger partial charge in [0.25, 0.3) is 5.91 Å². The molecule has 0 aliphatic heterocycles. The molecule has 0 spiro atoms. The second-order valence-corrected chi connectivity index (χ2v) is 8.78. The zero-order valence-corrected chi connectivity index (χ0v) is 18.9. The fourth-order valence-corrected chi connectivity index (χ4v) is 4.82. The van der Waals surface area contributed by atoms with Gasteiger partial charge in [-0.05, 0) is 62.8 Å². The quantitative estimate of drug-likeness (QED) is 0.675. The van der Waals surface area contributed by atoms with Crippen LogP contribution in [0.1, 0.15) is 47.3 Å². The van der Waals surface area contributed by atoms with Crippen molar-refractivity contribution >= 4 is 28.8 Å². The molecular weight excluding hydrogens is 400 g/mol. The van der Waals surface area contributed by atoms with Gasteiger partial charge in [0.15, 0.2) is 11.5 Å². The van der Waals surface area contributed by atoms with E-state index < -0.39 is 0 Å². The van der Waals surface area contributed by atoms with E-state index in [4.69, 9.17) is 9.47 Å². The number of hydrogen-bond donors (Lipinski definition) is 1. The van der Waals surface area contributed by atoms with Gasteiger partial charge in [-0.2, -0.15) is 0 Å². The zero-order valence-electron chi connectivity index (χ0n) is 18.1. The number of amides is 2. The Balaban J connectivity index is 1.61. The predicted molar refractivity (Wildman–Crippen MR) is 120 cm³/mol. The van der Waals surface area contributed by atoms with Crippen LogP contribution in [0.15, 0.2) is 24.3 Å². The smallest absolute Gasteiger partial charge is 0.264 e. The van der Waals surface area contributed by atoms with E-state index in [1.165, 1.54) is 21.8 Å². The van der Waals surface area contributed by atoms with E-state index in [-0.39, 0.29) is 18.4 Å². The summed E-state index contributed by atoms with van der Waals surface area (Å²) < 4.78 is 11.1. The van der Waals surface area contributed by atoms with Crippen molar-refractivity contribution in [1.82, 2.24) is 4.90 Å². The van der Waals surface area contributed by atoms with Crippen molar-refractivity contribution in [1.29, 1.82) is 0 Å². The first-order valence-electron chi connectivity index (χ1n) is 10.5. The molecule has 1 N–H and O–H groups in total. The number of benzene rings is 1. The Kier molecular flexibility index (Phi) is 7.37. The molecule has 1 aliphatic rings. The molecule has 0 fully saturated rings. The maximum absolute atomic E-state index is 12.8. The Bertz CT molecular complexity index is 909. The Hall–Kier alpha value is -2.54. The normalized spacial score (nSPS) is 15.3. The molecule has 162 valence electrons. The number of nitrogens with one attached hydrogen (secondary N) is 1. The second kappa shape index (κ2) is 9.98. The van der Waals surface area contributed by atoms with Gasteiger partial charge in [0.2, 0.25) is 5.91 Å². The average molecular weight is 431 g/mol. The number of likely N-dealkylation sites (N-methyl/N-ethyl adjacent to an activating group) is 1. The number of nitrogens with zero attached hydrogens (tertiary/aromatic N) is 1. The van der Waals surface area contributed by atoms with Crippen molar-refractivity contribution in [2.45, 2.75) is 40.0 Å². The number of anilines is 1. The van der Waals surface area contributed by atoms with Crippen LogP contribution in [0.4, 0.5) is 5.69 Å². The highest BCUT2D eigenvalue weighted by Crippen LogP contribution is 2.33. The maximum Gasteiger partial charge on any atom is 0.264 e. The van der Waals surface area contributed by atoms with Gasteiger partial charge in [-0.1, -0.05) is 6.92 Å². The number of carbonyl (C=O) groups excluding carboxylic acids is 2. The molecule has 2 amide bonds. The van der Waals surface area contributed by atoms with E-state index in [0.29, 0.717) is 41.2 Å². The lowest BCUT2D eigenvalue weighted by atomic mass is 9.90. The molecule has 0 saturated heterocycles. The lowest BCUT2D eigenvalue weighted by Gasteiger charge is -2.17. The summed E-state index contributed by atoms with van der Waals surface area (Å²) in [4.78, 5) is 28.8. The topological polar surface area (TPSA) is 67.9 Å². The summed E-state index contributed by atoms with van der Waals surface area (Å²) in [5.41, 5.74) is 1.89. The van der Waals surface area contributed by atoms with Gasteiger partial charge in [0.05, 0.1) is 24.6 Å². The van der Waals surface area contributed by atoms with E-state index >= 15 is 0 Å². The summed E-state index contributed by atoms with van der Waals surface area (Å²) in [6.45, 7) is 7.06. The highest BCUT2D eigenvalue weighted by Gasteiger charge is 2.23. The van der Waals surface area contributed by atoms with Crippen molar-refractivity contribution in [3.8, 4) is 11.5 Å². The molecule has 1 aliphatic carbocycles. The fourth-order valence-electron chi connectivity index (χ4n) is 3.62. The fraction of sp³-hybridized carbons (Fsp3) is 0.478. The molecule has 3 rings (SSSR count). The van der Waals surface area contributed by atoms with Gasteiger partial charge in [0, 0.05) is 23.7 Å². The van der Waals surface area contributed by atoms with Gasteiger partial charge in [-0.15, -0.1) is 11.3 Å². The standard InChI is InChI=1S/C23H30N2O4S/c1-5-28-18-9-8-17(13-19(18)29-6-2)24-22(26)14-25(4)23(27)21-12-16-11-15(3)7-10-20(16)30-21/h8-9,12-13,15H,5-7,10-11,14H2,1-4H3,(H,24,26). The summed E-state index contributed by atoms with van der Waals surface area (Å²) in [6, 6.07) is 7.29. The third kappa shape index (κ3) is 5.33. The van der Waals surface area contributed by atoms with Crippen LogP contribution in [0.5, 0.6) is 11.5 Å². The van der Waals surface area contributed by atoms with Crippen LogP contribution in [-0.4, -0.2) is 43.5 Å². The van der Waals surface area contributed by atoms with Crippen molar-refractivity contribution in [3.05, 3.63) is 39.6 Å². The van der Waals surface area contributed by atoms with Crippen LogP contribution in [0, 0.1) is 5.92 Å². The largest absolute Gasteiger partial charge is 0.490 e. The Morgan fingerprint density at radius 1 is 1.17 bits per heavy atom. The molecule has 0 saturated carbocycles. The first-order chi connectivity index (χ1) is 14.4. The SMILES string of the molecule is CCOc1ccc(NC(=O)CN(C)C(=O)c2cc3c(s2)CCC(C)C3)cc1OCC. The van der Waals surface area contributed by atoms with Crippen LogP contribution >= 0.6 is 11.3 Å². The summed E-state index contributed by atoms with van der Waals surface area (Å²) in [5, 5.41) is 2.84. The molecule has 1 atom stereocenters. The molecule has 1 heterocycles. The summed E-state index contributed by atoms with van der Waals surface area (Å²) in [7, 11) is 1.66. The highest BCUT2D eigenvalue weighted by molar-refractivity contribution is 7.14. The molecule has 2 aromatic rings. The predicted octanol–water partition coefficient (Wildman–Crippen LogP) is 4.38. The van der Waals surface area contributed by atoms with Crippen LogP contribution in [0.25, 0.3) is 0 Å². The van der Waals surface area contributed by atoms with Gasteiger partial charge in [0.1, 0.15) is 0 Å². The van der Waals surface area contributed by atoms with Gasteiger partial charge >= 0.3 is 0 Å². The lowest BCUT2D eigenvalue weighted by molar-refractivity contribution is -0.116. The van der Waals surface area contributed by atoms with Crippen LogP contribution in [0.3, 0.4) is 0 Å². The van der Waals surface area contributed by atoms with Crippen molar-refractivity contribution in [2.24, 2.45) is 5.92 Å².